The molecule has 0 bridgehead atoms. The Morgan fingerprint density at radius 2 is 1.97 bits per heavy atom. The van der Waals surface area contributed by atoms with Crippen LogP contribution in [0, 0.1) is 5.92 Å². The van der Waals surface area contributed by atoms with Crippen molar-refractivity contribution in [2.75, 3.05) is 17.2 Å². The Bertz CT molecular complexity index is 913. The fourth-order valence-electron chi connectivity index (χ4n) is 4.25. The minimum atomic E-state index is -4.56. The van der Waals surface area contributed by atoms with Crippen LogP contribution in [0.15, 0.2) is 42.5 Å². The van der Waals surface area contributed by atoms with Crippen LogP contribution >= 0.6 is 0 Å². The summed E-state index contributed by atoms with van der Waals surface area (Å²) >= 11 is 0. The van der Waals surface area contributed by atoms with Gasteiger partial charge in [0, 0.05) is 0 Å². The van der Waals surface area contributed by atoms with E-state index in [1.807, 2.05) is 12.1 Å². The summed E-state index contributed by atoms with van der Waals surface area (Å²) in [6.07, 6.45) is -2.53. The lowest BCUT2D eigenvalue weighted by Crippen LogP contribution is -2.41. The number of carbonyl (C=O) groups excluding carboxylic acids is 1. The number of halogens is 3. The van der Waals surface area contributed by atoms with Crippen molar-refractivity contribution in [1.82, 2.24) is 0 Å². The predicted molar refractivity (Wildman–Crippen MR) is 105 cm³/mol. The second kappa shape index (κ2) is 7.61. The Morgan fingerprint density at radius 1 is 1.17 bits per heavy atom. The van der Waals surface area contributed by atoms with E-state index in [0.29, 0.717) is 17.2 Å². The highest BCUT2D eigenvalue weighted by Crippen LogP contribution is 2.43. The summed E-state index contributed by atoms with van der Waals surface area (Å²) in [5.74, 6) is 0.376. The highest BCUT2D eigenvalue weighted by atomic mass is 19.4. The monoisotopic (exact) mass is 404 g/mol. The maximum absolute atomic E-state index is 13.7. The van der Waals surface area contributed by atoms with Crippen LogP contribution in [-0.2, 0) is 11.0 Å². The number of amides is 1. The molecule has 0 spiro atoms. The Kier molecular flexibility index (Phi) is 5.15. The zero-order valence-electron chi connectivity index (χ0n) is 16.1. The Morgan fingerprint density at radius 3 is 2.69 bits per heavy atom. The molecule has 1 aliphatic heterocycles. The number of carbonyl (C=O) groups is 1. The third-order valence-electron chi connectivity index (χ3n) is 5.82. The first kappa shape index (κ1) is 19.6. The van der Waals surface area contributed by atoms with E-state index in [-0.39, 0.29) is 18.2 Å². The van der Waals surface area contributed by atoms with Gasteiger partial charge in [-0.3, -0.25) is 4.79 Å². The molecule has 1 heterocycles. The summed E-state index contributed by atoms with van der Waals surface area (Å²) in [5, 5.41) is 5.49. The average molecular weight is 404 g/mol. The van der Waals surface area contributed by atoms with Crippen molar-refractivity contribution >= 4 is 17.3 Å². The highest BCUT2D eigenvalue weighted by molar-refractivity contribution is 5.96. The van der Waals surface area contributed by atoms with E-state index in [1.165, 1.54) is 12.1 Å². The number of nitrogens with one attached hydrogen (secondary N) is 2. The maximum Gasteiger partial charge on any atom is 0.418 e. The molecule has 0 saturated heterocycles. The molecule has 0 aromatic heterocycles. The summed E-state index contributed by atoms with van der Waals surface area (Å²) in [4.78, 5) is 12.6. The Labute approximate surface area is 167 Å². The molecule has 2 N–H and O–H groups in total. The van der Waals surface area contributed by atoms with Gasteiger partial charge >= 0.3 is 6.18 Å². The van der Waals surface area contributed by atoms with Crippen LogP contribution < -0.4 is 15.4 Å². The lowest BCUT2D eigenvalue weighted by molar-refractivity contribution is -0.137. The van der Waals surface area contributed by atoms with Crippen molar-refractivity contribution < 1.29 is 22.7 Å². The molecule has 4 nitrogen and oxygen atoms in total. The normalized spacial score (nSPS) is 23.7. The molecule has 1 fully saturated rings. The summed E-state index contributed by atoms with van der Waals surface area (Å²) in [7, 11) is 0. The van der Waals surface area contributed by atoms with E-state index in [1.54, 1.807) is 18.2 Å². The van der Waals surface area contributed by atoms with Gasteiger partial charge in [0.15, 0.2) is 6.10 Å². The van der Waals surface area contributed by atoms with E-state index < -0.39 is 23.8 Å². The average Bonchev–Trinajstić information content (AvgIpc) is 3.13. The van der Waals surface area contributed by atoms with Crippen molar-refractivity contribution in [2.45, 2.75) is 44.4 Å². The summed E-state index contributed by atoms with van der Waals surface area (Å²) in [5.41, 5.74) is 0.387. The van der Waals surface area contributed by atoms with E-state index >= 15 is 0 Å². The molecule has 1 saturated carbocycles. The van der Waals surface area contributed by atoms with Crippen LogP contribution in [-0.4, -0.2) is 18.6 Å². The van der Waals surface area contributed by atoms with Gasteiger partial charge in [0.05, 0.1) is 23.5 Å². The van der Waals surface area contributed by atoms with Gasteiger partial charge < -0.3 is 15.4 Å². The van der Waals surface area contributed by atoms with Gasteiger partial charge in [0.1, 0.15) is 5.75 Å². The van der Waals surface area contributed by atoms with Gasteiger partial charge in [0.25, 0.3) is 5.91 Å². The van der Waals surface area contributed by atoms with E-state index in [0.717, 1.165) is 24.9 Å². The second-order valence-corrected chi connectivity index (χ2v) is 7.79. The standard InChI is InChI=1S/C22H23F3N2O2/c1-13-5-4-6-15(13)14-9-10-17(16(11-14)22(23,24)25)27-21(28)20-12-26-18-7-2-3-8-19(18)29-20/h2-3,7-11,13,15,20,26H,4-6,12H2,1H3,(H,27,28)/t13-,15?,20?/m0/s1. The van der Waals surface area contributed by atoms with Crippen LogP contribution in [0.2, 0.25) is 0 Å². The quantitative estimate of drug-likeness (QED) is 0.718. The largest absolute Gasteiger partial charge is 0.477 e. The van der Waals surface area contributed by atoms with E-state index in [9.17, 15) is 18.0 Å². The predicted octanol–water partition coefficient (Wildman–Crippen LogP) is 5.42. The fourth-order valence-corrected chi connectivity index (χ4v) is 4.25. The van der Waals surface area contributed by atoms with Gasteiger partial charge in [-0.25, -0.2) is 0 Å². The van der Waals surface area contributed by atoms with E-state index in [2.05, 4.69) is 17.6 Å². The van der Waals surface area contributed by atoms with Crippen LogP contribution in [0.25, 0.3) is 0 Å². The fraction of sp³-hybridized carbons (Fsp3) is 0.409. The Hall–Kier alpha value is -2.70. The summed E-state index contributed by atoms with van der Waals surface area (Å²) in [6, 6.07) is 11.4. The number of benzene rings is 2. The van der Waals surface area contributed by atoms with Crippen molar-refractivity contribution in [1.29, 1.82) is 0 Å². The molecule has 1 amide bonds. The first-order valence-electron chi connectivity index (χ1n) is 9.84. The van der Waals surface area contributed by atoms with Gasteiger partial charge in [-0.1, -0.05) is 38.0 Å². The van der Waals surface area contributed by atoms with Crippen LogP contribution in [0.1, 0.15) is 43.2 Å². The first-order chi connectivity index (χ1) is 13.8. The lowest BCUT2D eigenvalue weighted by Gasteiger charge is -2.27. The minimum absolute atomic E-state index is 0.128. The van der Waals surface area contributed by atoms with Crippen LogP contribution in [0.5, 0.6) is 5.75 Å². The molecule has 2 aliphatic rings. The molecule has 2 aromatic carbocycles. The topological polar surface area (TPSA) is 50.4 Å². The molecule has 2 aromatic rings. The number of hydrogen-bond acceptors (Lipinski definition) is 3. The van der Waals surface area contributed by atoms with Gasteiger partial charge in [-0.2, -0.15) is 13.2 Å². The molecule has 1 aliphatic carbocycles. The molecule has 4 rings (SSSR count). The molecular formula is C22H23F3N2O2. The zero-order valence-corrected chi connectivity index (χ0v) is 16.1. The van der Waals surface area contributed by atoms with Crippen molar-refractivity contribution in [3.05, 3.63) is 53.6 Å². The molecule has 3 atom stereocenters. The molecule has 154 valence electrons. The van der Waals surface area contributed by atoms with Crippen molar-refractivity contribution in [2.24, 2.45) is 5.92 Å². The molecular weight excluding hydrogens is 381 g/mol. The van der Waals surface area contributed by atoms with Gasteiger partial charge in [0.2, 0.25) is 0 Å². The molecule has 7 heteroatoms. The number of ether oxygens (including phenoxy) is 1. The minimum Gasteiger partial charge on any atom is -0.477 e. The third-order valence-corrected chi connectivity index (χ3v) is 5.82. The highest BCUT2D eigenvalue weighted by Gasteiger charge is 2.36. The lowest BCUT2D eigenvalue weighted by atomic mass is 9.89. The molecule has 2 unspecified atom stereocenters. The molecule has 0 radical (unpaired) electrons. The number of alkyl halides is 3. The summed E-state index contributed by atoms with van der Waals surface area (Å²) < 4.78 is 46.8. The third kappa shape index (κ3) is 4.04. The summed E-state index contributed by atoms with van der Waals surface area (Å²) in [6.45, 7) is 2.26. The Balaban J connectivity index is 1.55. The van der Waals surface area contributed by atoms with Gasteiger partial charge in [-0.05, 0) is 48.1 Å². The number of fused-ring (bicyclic) bond motifs is 1. The molecule has 29 heavy (non-hydrogen) atoms. The maximum atomic E-state index is 13.7. The number of anilines is 2. The number of hydrogen-bond donors (Lipinski definition) is 2. The smallest absolute Gasteiger partial charge is 0.418 e. The number of rotatable bonds is 3. The second-order valence-electron chi connectivity index (χ2n) is 7.79. The SMILES string of the molecule is C[C@H]1CCCC1c1ccc(NC(=O)C2CNc3ccccc3O2)c(C(F)(F)F)c1. The first-order valence-corrected chi connectivity index (χ1v) is 9.84. The van der Waals surface area contributed by atoms with Crippen LogP contribution in [0.4, 0.5) is 24.5 Å². The van der Waals surface area contributed by atoms with Crippen molar-refractivity contribution in [3.63, 3.8) is 0 Å². The van der Waals surface area contributed by atoms with Gasteiger partial charge in [-0.15, -0.1) is 0 Å². The van der Waals surface area contributed by atoms with Crippen molar-refractivity contribution in [3.8, 4) is 5.75 Å². The van der Waals surface area contributed by atoms with Crippen LogP contribution in [0.3, 0.4) is 0 Å². The van der Waals surface area contributed by atoms with E-state index in [4.69, 9.17) is 4.74 Å². The zero-order chi connectivity index (χ0) is 20.6. The number of para-hydroxylation sites is 2.